The second-order valence-electron chi connectivity index (χ2n) is 7.19. The molecule has 3 rings (SSSR count). The number of nitrogens with zero attached hydrogens (tertiary/aromatic N) is 2. The Balaban J connectivity index is 1.85. The number of likely N-dealkylation sites (N-methyl/N-ethyl adjacent to an activating group) is 1. The van der Waals surface area contributed by atoms with Crippen LogP contribution in [0.4, 0.5) is 5.69 Å². The molecule has 1 heterocycles. The first-order valence-electron chi connectivity index (χ1n) is 9.28. The molecule has 2 aromatic rings. The van der Waals surface area contributed by atoms with Crippen LogP contribution >= 0.6 is 11.8 Å². The van der Waals surface area contributed by atoms with Crippen molar-refractivity contribution in [3.05, 3.63) is 59.7 Å². The molecule has 138 valence electrons. The van der Waals surface area contributed by atoms with Crippen LogP contribution in [0.15, 0.2) is 53.4 Å². The van der Waals surface area contributed by atoms with E-state index in [0.717, 1.165) is 35.0 Å². The maximum Gasteiger partial charge on any atom is 0.163 e. The van der Waals surface area contributed by atoms with E-state index in [0.29, 0.717) is 6.04 Å². The van der Waals surface area contributed by atoms with E-state index in [2.05, 4.69) is 66.4 Å². The van der Waals surface area contributed by atoms with E-state index < -0.39 is 0 Å². The number of carbonyl (C=O) groups excluding carboxylic acids is 1. The minimum absolute atomic E-state index is 0.156. The van der Waals surface area contributed by atoms with Crippen LogP contribution in [0.5, 0.6) is 0 Å². The number of carbonyl (C=O) groups is 1. The van der Waals surface area contributed by atoms with Gasteiger partial charge in [0.15, 0.2) is 5.78 Å². The Morgan fingerprint density at radius 1 is 1.15 bits per heavy atom. The van der Waals surface area contributed by atoms with Crippen molar-refractivity contribution in [2.45, 2.75) is 36.5 Å². The molecule has 1 atom stereocenters. The van der Waals surface area contributed by atoms with Crippen LogP contribution in [-0.4, -0.2) is 43.9 Å². The quantitative estimate of drug-likeness (QED) is 0.544. The molecule has 0 saturated carbocycles. The smallest absolute Gasteiger partial charge is 0.163 e. The summed E-state index contributed by atoms with van der Waals surface area (Å²) in [5, 5.41) is 0. The van der Waals surface area contributed by atoms with E-state index in [1.165, 1.54) is 18.4 Å². The predicted molar refractivity (Wildman–Crippen MR) is 111 cm³/mol. The van der Waals surface area contributed by atoms with E-state index in [-0.39, 0.29) is 5.78 Å². The third-order valence-electron chi connectivity index (χ3n) is 5.06. The van der Waals surface area contributed by atoms with Gasteiger partial charge in [-0.1, -0.05) is 36.4 Å². The zero-order valence-electron chi connectivity index (χ0n) is 15.9. The number of hydrogen-bond acceptors (Lipinski definition) is 4. The largest absolute Gasteiger partial charge is 0.369 e. The zero-order chi connectivity index (χ0) is 18.5. The molecule has 26 heavy (non-hydrogen) atoms. The molecule has 3 nitrogen and oxygen atoms in total. The molecule has 0 spiro atoms. The second kappa shape index (κ2) is 8.74. The Kier molecular flexibility index (Phi) is 6.38. The van der Waals surface area contributed by atoms with Crippen LogP contribution in [0.3, 0.4) is 0 Å². The van der Waals surface area contributed by atoms with Crippen molar-refractivity contribution in [1.82, 2.24) is 4.90 Å². The fourth-order valence-electron chi connectivity index (χ4n) is 3.59. The van der Waals surface area contributed by atoms with Crippen molar-refractivity contribution < 1.29 is 4.79 Å². The van der Waals surface area contributed by atoms with Gasteiger partial charge in [-0.15, -0.1) is 11.8 Å². The monoisotopic (exact) mass is 368 g/mol. The van der Waals surface area contributed by atoms with E-state index in [1.807, 2.05) is 6.07 Å². The molecule has 0 aromatic heterocycles. The Morgan fingerprint density at radius 2 is 1.92 bits per heavy atom. The van der Waals surface area contributed by atoms with Crippen molar-refractivity contribution in [2.24, 2.45) is 0 Å². The van der Waals surface area contributed by atoms with E-state index in [1.54, 1.807) is 18.7 Å². The summed E-state index contributed by atoms with van der Waals surface area (Å²) in [6.07, 6.45) is 2.39. The van der Waals surface area contributed by atoms with Crippen LogP contribution in [0, 0.1) is 0 Å². The molecule has 0 aliphatic carbocycles. The van der Waals surface area contributed by atoms with Gasteiger partial charge in [0.2, 0.25) is 0 Å². The Hall–Kier alpha value is -1.78. The normalized spacial score (nSPS) is 17.5. The molecule has 1 aliphatic rings. The summed E-state index contributed by atoms with van der Waals surface area (Å²) >= 11 is 1.76. The maximum atomic E-state index is 12.5. The molecule has 1 saturated heterocycles. The van der Waals surface area contributed by atoms with Gasteiger partial charge in [-0.3, -0.25) is 4.79 Å². The van der Waals surface area contributed by atoms with E-state index >= 15 is 0 Å². The Labute approximate surface area is 161 Å². The summed E-state index contributed by atoms with van der Waals surface area (Å²) < 4.78 is 0. The lowest BCUT2D eigenvalue weighted by Gasteiger charge is -2.38. The maximum absolute atomic E-state index is 12.5. The minimum atomic E-state index is 0.156. The highest BCUT2D eigenvalue weighted by atomic mass is 32.2. The van der Waals surface area contributed by atoms with Gasteiger partial charge in [-0.2, -0.15) is 0 Å². The molecule has 2 aromatic carbocycles. The van der Waals surface area contributed by atoms with Gasteiger partial charge in [-0.05, 0) is 51.6 Å². The second-order valence-corrected chi connectivity index (χ2v) is 8.20. The van der Waals surface area contributed by atoms with Gasteiger partial charge in [0.05, 0.1) is 5.56 Å². The van der Waals surface area contributed by atoms with Crippen LogP contribution < -0.4 is 4.90 Å². The highest BCUT2D eigenvalue weighted by Crippen LogP contribution is 2.34. The molecule has 0 radical (unpaired) electrons. The summed E-state index contributed by atoms with van der Waals surface area (Å²) in [6.45, 7) is 3.70. The first-order chi connectivity index (χ1) is 12.6. The van der Waals surface area contributed by atoms with Gasteiger partial charge in [0.25, 0.3) is 0 Å². The molecule has 1 fully saturated rings. The lowest BCUT2D eigenvalue weighted by Crippen LogP contribution is -2.45. The number of hydrogen-bond donors (Lipinski definition) is 0. The van der Waals surface area contributed by atoms with Crippen LogP contribution in [-0.2, 0) is 5.75 Å². The van der Waals surface area contributed by atoms with Crippen molar-refractivity contribution >= 4 is 23.2 Å². The van der Waals surface area contributed by atoms with E-state index in [4.69, 9.17) is 0 Å². The van der Waals surface area contributed by atoms with Crippen molar-refractivity contribution in [2.75, 3.05) is 32.1 Å². The summed E-state index contributed by atoms with van der Waals surface area (Å²) in [7, 11) is 4.29. The standard InChI is InChI=1S/C22H28N2OS/c1-17(25)22-20(24-14-8-11-19(15-24)23(2)3)12-7-13-21(22)26-16-18-9-5-4-6-10-18/h4-7,9-10,12-13,19H,8,11,14-16H2,1-3H3/t19-/m0/s1. The average molecular weight is 369 g/mol. The number of piperidine rings is 1. The molecule has 0 bridgehead atoms. The first kappa shape index (κ1) is 19.0. The predicted octanol–water partition coefficient (Wildman–Crippen LogP) is 4.71. The van der Waals surface area contributed by atoms with Crippen LogP contribution in [0.25, 0.3) is 0 Å². The number of ketones is 1. The zero-order valence-corrected chi connectivity index (χ0v) is 16.8. The van der Waals surface area contributed by atoms with Gasteiger partial charge >= 0.3 is 0 Å². The molecular weight excluding hydrogens is 340 g/mol. The van der Waals surface area contributed by atoms with Gasteiger partial charge in [0.1, 0.15) is 0 Å². The average Bonchev–Trinajstić information content (AvgIpc) is 2.66. The van der Waals surface area contributed by atoms with E-state index in [9.17, 15) is 4.79 Å². The minimum Gasteiger partial charge on any atom is -0.369 e. The Morgan fingerprint density at radius 3 is 2.62 bits per heavy atom. The van der Waals surface area contributed by atoms with Gasteiger partial charge in [0, 0.05) is 35.5 Å². The van der Waals surface area contributed by atoms with Crippen molar-refractivity contribution in [3.8, 4) is 0 Å². The summed E-state index contributed by atoms with van der Waals surface area (Å²) in [4.78, 5) is 18.3. The molecule has 0 unspecified atom stereocenters. The Bertz CT molecular complexity index is 745. The molecule has 1 aliphatic heterocycles. The first-order valence-corrected chi connectivity index (χ1v) is 10.3. The van der Waals surface area contributed by atoms with Gasteiger partial charge in [-0.25, -0.2) is 0 Å². The molecule has 4 heteroatoms. The van der Waals surface area contributed by atoms with Crippen molar-refractivity contribution in [3.63, 3.8) is 0 Å². The topological polar surface area (TPSA) is 23.6 Å². The highest BCUT2D eigenvalue weighted by Gasteiger charge is 2.25. The highest BCUT2D eigenvalue weighted by molar-refractivity contribution is 7.98. The number of thioether (sulfide) groups is 1. The fourth-order valence-corrected chi connectivity index (χ4v) is 4.67. The summed E-state index contributed by atoms with van der Waals surface area (Å²) in [6, 6.07) is 17.3. The van der Waals surface area contributed by atoms with Gasteiger partial charge < -0.3 is 9.80 Å². The van der Waals surface area contributed by atoms with Crippen molar-refractivity contribution in [1.29, 1.82) is 0 Å². The van der Waals surface area contributed by atoms with Crippen LogP contribution in [0.1, 0.15) is 35.7 Å². The molecule has 0 amide bonds. The lowest BCUT2D eigenvalue weighted by atomic mass is 10.0. The number of benzene rings is 2. The van der Waals surface area contributed by atoms with Crippen LogP contribution in [0.2, 0.25) is 0 Å². The summed E-state index contributed by atoms with van der Waals surface area (Å²) in [5.74, 6) is 1.04. The fraction of sp³-hybridized carbons (Fsp3) is 0.409. The molecular formula is C22H28N2OS. The lowest BCUT2D eigenvalue weighted by molar-refractivity contribution is 0.101. The third kappa shape index (κ3) is 4.49. The SMILES string of the molecule is CC(=O)c1c(SCc2ccccc2)cccc1N1CCC[C@H](N(C)C)C1. The summed E-state index contributed by atoms with van der Waals surface area (Å²) in [5.41, 5.74) is 3.26. The third-order valence-corrected chi connectivity index (χ3v) is 6.19. The number of Topliss-reactive ketones (excluding diaryl/α,β-unsaturated/α-hetero) is 1. The number of rotatable bonds is 6. The number of anilines is 1. The molecule has 0 N–H and O–H groups in total.